The number of rotatable bonds is 55. The van der Waals surface area contributed by atoms with Crippen molar-refractivity contribution in [3.63, 3.8) is 0 Å². The highest BCUT2D eigenvalue weighted by molar-refractivity contribution is 5.71. The summed E-state index contributed by atoms with van der Waals surface area (Å²) in [5.41, 5.74) is 0. The van der Waals surface area contributed by atoms with Gasteiger partial charge in [0.1, 0.15) is 13.2 Å². The van der Waals surface area contributed by atoms with E-state index in [2.05, 4.69) is 81.5 Å². The van der Waals surface area contributed by atoms with E-state index in [0.29, 0.717) is 19.3 Å². The van der Waals surface area contributed by atoms with Gasteiger partial charge in [-0.15, -0.1) is 0 Å². The fourth-order valence-electron chi connectivity index (χ4n) is 8.77. The highest BCUT2D eigenvalue weighted by atomic mass is 16.6. The lowest BCUT2D eigenvalue weighted by molar-refractivity contribution is -0.167. The summed E-state index contributed by atoms with van der Waals surface area (Å²) in [7, 11) is 0. The monoisotopic (exact) mass is 979 g/mol. The normalized spacial score (nSPS) is 12.4. The van der Waals surface area contributed by atoms with E-state index in [1.807, 2.05) is 0 Å². The molecule has 0 saturated heterocycles. The molecule has 0 aliphatic carbocycles. The van der Waals surface area contributed by atoms with Crippen LogP contribution in [0.5, 0.6) is 0 Å². The van der Waals surface area contributed by atoms with E-state index in [1.54, 1.807) is 0 Å². The zero-order chi connectivity index (χ0) is 50.7. The molecule has 0 aromatic carbocycles. The average Bonchev–Trinajstić information content (AvgIpc) is 3.36. The van der Waals surface area contributed by atoms with E-state index in [0.717, 1.165) is 109 Å². The molecule has 0 fully saturated rings. The molecule has 0 rings (SSSR count). The Balaban J connectivity index is 4.36. The highest BCUT2D eigenvalue weighted by Crippen LogP contribution is 2.17. The Bertz CT molecular complexity index is 1260. The Morgan fingerprint density at radius 3 is 0.871 bits per heavy atom. The topological polar surface area (TPSA) is 78.9 Å². The predicted molar refractivity (Wildman–Crippen MR) is 302 cm³/mol. The lowest BCUT2D eigenvalue weighted by Gasteiger charge is -2.18. The second-order valence-electron chi connectivity index (χ2n) is 20.2. The van der Waals surface area contributed by atoms with E-state index in [1.165, 1.54) is 161 Å². The first-order chi connectivity index (χ1) is 34.5. The third-order valence-electron chi connectivity index (χ3n) is 13.3. The Morgan fingerprint density at radius 1 is 0.300 bits per heavy atom. The molecule has 6 nitrogen and oxygen atoms in total. The van der Waals surface area contributed by atoms with Crippen LogP contribution in [0.1, 0.15) is 310 Å². The van der Waals surface area contributed by atoms with E-state index in [9.17, 15) is 14.4 Å². The van der Waals surface area contributed by atoms with Crippen LogP contribution in [0.2, 0.25) is 0 Å². The summed E-state index contributed by atoms with van der Waals surface area (Å²) in [6.07, 6.45) is 73.5. The Labute approximate surface area is 434 Å². The summed E-state index contributed by atoms with van der Waals surface area (Å²) in [5, 5.41) is 0. The fourth-order valence-corrected chi connectivity index (χ4v) is 8.77. The number of carbonyl (C=O) groups excluding carboxylic acids is 3. The van der Waals surface area contributed by atoms with Gasteiger partial charge in [0, 0.05) is 19.3 Å². The van der Waals surface area contributed by atoms with Crippen molar-refractivity contribution < 1.29 is 28.6 Å². The van der Waals surface area contributed by atoms with E-state index in [-0.39, 0.29) is 31.1 Å². The molecule has 0 heterocycles. The molecule has 0 radical (unpaired) electrons. The van der Waals surface area contributed by atoms with E-state index in [4.69, 9.17) is 14.2 Å². The van der Waals surface area contributed by atoms with Gasteiger partial charge in [0.15, 0.2) is 6.10 Å². The summed E-state index contributed by atoms with van der Waals surface area (Å²) < 4.78 is 16.9. The van der Waals surface area contributed by atoms with Crippen LogP contribution in [0, 0.1) is 0 Å². The van der Waals surface area contributed by atoms with Crippen LogP contribution in [-0.2, 0) is 28.6 Å². The van der Waals surface area contributed by atoms with Gasteiger partial charge in [0.05, 0.1) is 0 Å². The summed E-state index contributed by atoms with van der Waals surface area (Å²) in [5.74, 6) is -0.878. The third-order valence-corrected chi connectivity index (χ3v) is 13.3. The van der Waals surface area contributed by atoms with Crippen molar-refractivity contribution in [1.82, 2.24) is 0 Å². The van der Waals surface area contributed by atoms with Crippen molar-refractivity contribution in [3.05, 3.63) is 60.8 Å². The molecule has 1 atom stereocenters. The van der Waals surface area contributed by atoms with Gasteiger partial charge >= 0.3 is 17.9 Å². The second kappa shape index (κ2) is 58.7. The van der Waals surface area contributed by atoms with Gasteiger partial charge in [-0.3, -0.25) is 14.4 Å². The molecule has 6 heteroatoms. The number of hydrogen-bond acceptors (Lipinski definition) is 6. The Morgan fingerprint density at radius 2 is 0.557 bits per heavy atom. The molecule has 0 aliphatic rings. The minimum atomic E-state index is -0.779. The molecule has 0 bridgehead atoms. The van der Waals surface area contributed by atoms with Crippen LogP contribution in [0.25, 0.3) is 0 Å². The molecular weight excluding hydrogens is 865 g/mol. The molecule has 0 aliphatic heterocycles. The second-order valence-corrected chi connectivity index (χ2v) is 20.2. The average molecular weight is 980 g/mol. The minimum Gasteiger partial charge on any atom is -0.462 e. The van der Waals surface area contributed by atoms with Crippen LogP contribution < -0.4 is 0 Å². The molecule has 1 unspecified atom stereocenters. The maximum atomic E-state index is 12.9. The number of hydrogen-bond donors (Lipinski definition) is 0. The molecule has 0 saturated carbocycles. The first-order valence-electron chi connectivity index (χ1n) is 30.3. The fraction of sp³-hybridized carbons (Fsp3) is 0.797. The zero-order valence-corrected chi connectivity index (χ0v) is 46.5. The zero-order valence-electron chi connectivity index (χ0n) is 46.5. The van der Waals surface area contributed by atoms with Gasteiger partial charge in [0.25, 0.3) is 0 Å². The summed E-state index contributed by atoms with van der Waals surface area (Å²) >= 11 is 0. The molecule has 0 N–H and O–H groups in total. The number of unbranched alkanes of at least 4 members (excludes halogenated alkanes) is 34. The smallest absolute Gasteiger partial charge is 0.306 e. The Kier molecular flexibility index (Phi) is 56.3. The first-order valence-corrected chi connectivity index (χ1v) is 30.3. The van der Waals surface area contributed by atoms with Gasteiger partial charge in [0.2, 0.25) is 0 Å². The van der Waals surface area contributed by atoms with Crippen molar-refractivity contribution >= 4 is 17.9 Å². The first kappa shape index (κ1) is 67.1. The molecule has 70 heavy (non-hydrogen) atoms. The predicted octanol–water partition coefficient (Wildman–Crippen LogP) is 20.4. The number of carbonyl (C=O) groups is 3. The van der Waals surface area contributed by atoms with E-state index >= 15 is 0 Å². The standard InChI is InChI=1S/C64H114O6/c1-4-7-10-13-16-19-22-25-27-29-31-32-33-35-36-39-42-45-48-51-54-57-63(66)69-60-61(59-68-62(65)56-53-50-47-44-41-38-24-21-18-15-12-9-6-3)70-64(67)58-55-52-49-46-43-40-37-34-30-28-26-23-20-17-14-11-8-5-2/h7,10,16,19,25,27,31-32,35-36,61H,4-6,8-9,11-15,17-18,20-24,26,28-30,33-34,37-60H2,1-3H3/b10-7-,19-16-,27-25-,32-31-,36-35-. The molecule has 0 aromatic rings. The summed E-state index contributed by atoms with van der Waals surface area (Å²) in [6.45, 7) is 6.55. The van der Waals surface area contributed by atoms with Crippen LogP contribution >= 0.6 is 0 Å². The quantitative estimate of drug-likeness (QED) is 0.0261. The van der Waals surface area contributed by atoms with Crippen LogP contribution in [0.3, 0.4) is 0 Å². The van der Waals surface area contributed by atoms with Crippen molar-refractivity contribution in [3.8, 4) is 0 Å². The largest absolute Gasteiger partial charge is 0.462 e. The van der Waals surface area contributed by atoms with Crippen molar-refractivity contribution in [2.75, 3.05) is 13.2 Å². The lowest BCUT2D eigenvalue weighted by atomic mass is 10.0. The van der Waals surface area contributed by atoms with Crippen molar-refractivity contribution in [1.29, 1.82) is 0 Å². The number of esters is 3. The van der Waals surface area contributed by atoms with Crippen molar-refractivity contribution in [2.45, 2.75) is 316 Å². The van der Waals surface area contributed by atoms with Crippen LogP contribution in [0.4, 0.5) is 0 Å². The SMILES string of the molecule is CC/C=C\C/C=C\C/C=C\C/C=C\C/C=C\CCCCCCCC(=O)OCC(COC(=O)CCCCCCCCCCCCCCC)OC(=O)CCCCCCCCCCCCCCCCCCCC. The molecule has 0 spiro atoms. The number of allylic oxidation sites excluding steroid dienone is 10. The van der Waals surface area contributed by atoms with Gasteiger partial charge in [-0.1, -0.05) is 287 Å². The highest BCUT2D eigenvalue weighted by Gasteiger charge is 2.19. The molecular formula is C64H114O6. The van der Waals surface area contributed by atoms with Gasteiger partial charge in [-0.05, 0) is 64.2 Å². The van der Waals surface area contributed by atoms with Crippen molar-refractivity contribution in [2.24, 2.45) is 0 Å². The third kappa shape index (κ3) is 56.0. The molecule has 0 aromatic heterocycles. The van der Waals surface area contributed by atoms with Gasteiger partial charge < -0.3 is 14.2 Å². The van der Waals surface area contributed by atoms with Crippen LogP contribution in [-0.4, -0.2) is 37.2 Å². The van der Waals surface area contributed by atoms with Gasteiger partial charge in [-0.2, -0.15) is 0 Å². The summed E-state index contributed by atoms with van der Waals surface area (Å²) in [6, 6.07) is 0. The molecule has 0 amide bonds. The van der Waals surface area contributed by atoms with Crippen LogP contribution in [0.15, 0.2) is 60.8 Å². The van der Waals surface area contributed by atoms with Gasteiger partial charge in [-0.25, -0.2) is 0 Å². The number of ether oxygens (including phenoxy) is 3. The van der Waals surface area contributed by atoms with E-state index < -0.39 is 6.10 Å². The lowest BCUT2D eigenvalue weighted by Crippen LogP contribution is -2.30. The maximum absolute atomic E-state index is 12.9. The maximum Gasteiger partial charge on any atom is 0.306 e. The summed E-state index contributed by atoms with van der Waals surface area (Å²) in [4.78, 5) is 38.2. The minimum absolute atomic E-state index is 0.0761. The molecule has 406 valence electrons. The Hall–Kier alpha value is -2.89.